The van der Waals surface area contributed by atoms with Gasteiger partial charge < -0.3 is 15.5 Å². The molecule has 1 aliphatic rings. The first kappa shape index (κ1) is 21.3. The molecule has 0 aromatic heterocycles. The highest BCUT2D eigenvalue weighted by atomic mass is 19.4. The van der Waals surface area contributed by atoms with E-state index in [1.165, 1.54) is 12.1 Å². The highest BCUT2D eigenvalue weighted by molar-refractivity contribution is 5.79. The van der Waals surface area contributed by atoms with Crippen LogP contribution in [0.3, 0.4) is 0 Å². The molecule has 0 bridgehead atoms. The van der Waals surface area contributed by atoms with Crippen molar-refractivity contribution in [1.82, 2.24) is 15.5 Å². The molecule has 0 atom stereocenters. The number of benzene rings is 1. The van der Waals surface area contributed by atoms with Crippen molar-refractivity contribution in [2.45, 2.75) is 19.5 Å². The van der Waals surface area contributed by atoms with Crippen LogP contribution in [-0.2, 0) is 0 Å². The van der Waals surface area contributed by atoms with Crippen molar-refractivity contribution in [1.29, 1.82) is 0 Å². The zero-order valence-electron chi connectivity index (χ0n) is 15.5. The fraction of sp³-hybridized carbons (Fsp3) is 0.611. The Morgan fingerprint density at radius 2 is 1.74 bits per heavy atom. The Kier molecular flexibility index (Phi) is 8.15. The summed E-state index contributed by atoms with van der Waals surface area (Å²) in [6.07, 6.45) is -5.11. The van der Waals surface area contributed by atoms with Gasteiger partial charge in [0.05, 0.1) is 13.0 Å². The number of piperazine rings is 1. The van der Waals surface area contributed by atoms with Gasteiger partial charge in [-0.15, -0.1) is 0 Å². The van der Waals surface area contributed by atoms with Crippen LogP contribution in [0.1, 0.15) is 13.3 Å². The first-order valence-electron chi connectivity index (χ1n) is 9.19. The predicted molar refractivity (Wildman–Crippen MR) is 99.7 cm³/mol. The third-order valence-corrected chi connectivity index (χ3v) is 4.29. The summed E-state index contributed by atoms with van der Waals surface area (Å²) in [6.45, 7) is 7.02. The Morgan fingerprint density at radius 3 is 2.33 bits per heavy atom. The Balaban J connectivity index is 1.70. The van der Waals surface area contributed by atoms with Crippen LogP contribution in [-0.4, -0.2) is 69.4 Å². The van der Waals surface area contributed by atoms with E-state index in [1.54, 1.807) is 12.1 Å². The number of nitrogens with one attached hydrogen (secondary N) is 2. The first-order chi connectivity index (χ1) is 12.9. The number of rotatable bonds is 7. The van der Waals surface area contributed by atoms with Crippen LogP contribution in [0.4, 0.5) is 23.2 Å². The maximum atomic E-state index is 13.0. The van der Waals surface area contributed by atoms with E-state index in [0.29, 0.717) is 19.0 Å². The standard InChI is InChI=1S/C18H27F4N5/c1-2-23-17(24-8-7-18(20,21)22)25-9-10-26-11-13-27(14-12-26)16-5-3-15(19)4-6-16/h3-6H,2,7-14H2,1H3,(H2,23,24,25). The van der Waals surface area contributed by atoms with Crippen molar-refractivity contribution in [2.24, 2.45) is 4.99 Å². The van der Waals surface area contributed by atoms with E-state index in [9.17, 15) is 17.6 Å². The summed E-state index contributed by atoms with van der Waals surface area (Å²) in [5.74, 6) is 0.170. The molecule has 0 unspecified atom stereocenters. The lowest BCUT2D eigenvalue weighted by atomic mass is 10.2. The summed E-state index contributed by atoms with van der Waals surface area (Å²) >= 11 is 0. The average Bonchev–Trinajstić information content (AvgIpc) is 2.62. The van der Waals surface area contributed by atoms with Crippen molar-refractivity contribution in [3.05, 3.63) is 30.1 Å². The quantitative estimate of drug-likeness (QED) is 0.427. The van der Waals surface area contributed by atoms with Gasteiger partial charge in [-0.2, -0.15) is 13.2 Å². The Bertz CT molecular complexity index is 580. The van der Waals surface area contributed by atoms with Gasteiger partial charge in [0.1, 0.15) is 5.82 Å². The van der Waals surface area contributed by atoms with Gasteiger partial charge in [0.15, 0.2) is 5.96 Å². The summed E-state index contributed by atoms with van der Waals surface area (Å²) < 4.78 is 49.7. The lowest BCUT2D eigenvalue weighted by Gasteiger charge is -2.36. The third kappa shape index (κ3) is 8.03. The molecule has 0 amide bonds. The van der Waals surface area contributed by atoms with Gasteiger partial charge in [-0.1, -0.05) is 0 Å². The van der Waals surface area contributed by atoms with Gasteiger partial charge in [-0.3, -0.25) is 9.89 Å². The van der Waals surface area contributed by atoms with E-state index in [-0.39, 0.29) is 12.4 Å². The molecule has 1 heterocycles. The monoisotopic (exact) mass is 389 g/mol. The van der Waals surface area contributed by atoms with Gasteiger partial charge in [0.25, 0.3) is 0 Å². The second-order valence-corrected chi connectivity index (χ2v) is 6.36. The molecule has 0 spiro atoms. The first-order valence-corrected chi connectivity index (χ1v) is 9.19. The molecular formula is C18H27F4N5. The van der Waals surface area contributed by atoms with Gasteiger partial charge in [0.2, 0.25) is 0 Å². The van der Waals surface area contributed by atoms with Crippen molar-refractivity contribution in [2.75, 3.05) is 57.3 Å². The molecular weight excluding hydrogens is 362 g/mol. The summed E-state index contributed by atoms with van der Waals surface area (Å²) in [7, 11) is 0. The van der Waals surface area contributed by atoms with E-state index in [2.05, 4.69) is 25.4 Å². The van der Waals surface area contributed by atoms with Gasteiger partial charge in [-0.25, -0.2) is 4.39 Å². The SMILES string of the molecule is CCNC(=NCCC(F)(F)F)NCCN1CCN(c2ccc(F)cc2)CC1. The maximum Gasteiger partial charge on any atom is 0.390 e. The normalized spacial score (nSPS) is 16.5. The number of aliphatic imine (C=N–C) groups is 1. The summed E-state index contributed by atoms with van der Waals surface area (Å²) in [6, 6.07) is 6.50. The molecule has 1 fully saturated rings. The van der Waals surface area contributed by atoms with Crippen LogP contribution in [0.2, 0.25) is 0 Å². The molecule has 0 aliphatic carbocycles. The smallest absolute Gasteiger partial charge is 0.369 e. The molecule has 1 saturated heterocycles. The fourth-order valence-electron chi connectivity index (χ4n) is 2.85. The van der Waals surface area contributed by atoms with E-state index < -0.39 is 12.6 Å². The summed E-state index contributed by atoms with van der Waals surface area (Å²) in [4.78, 5) is 8.46. The number of guanidine groups is 1. The predicted octanol–water partition coefficient (Wildman–Crippen LogP) is 2.46. The minimum absolute atomic E-state index is 0.239. The topological polar surface area (TPSA) is 42.9 Å². The van der Waals surface area contributed by atoms with E-state index in [4.69, 9.17) is 0 Å². The molecule has 2 N–H and O–H groups in total. The van der Waals surface area contributed by atoms with Crippen LogP contribution in [0, 0.1) is 5.82 Å². The zero-order valence-corrected chi connectivity index (χ0v) is 15.5. The average molecular weight is 389 g/mol. The van der Waals surface area contributed by atoms with Crippen molar-refractivity contribution >= 4 is 11.6 Å². The molecule has 1 aromatic carbocycles. The van der Waals surface area contributed by atoms with Gasteiger partial charge in [-0.05, 0) is 31.2 Å². The molecule has 9 heteroatoms. The van der Waals surface area contributed by atoms with Crippen molar-refractivity contribution in [3.8, 4) is 0 Å². The van der Waals surface area contributed by atoms with Crippen LogP contribution in [0.5, 0.6) is 0 Å². The molecule has 152 valence electrons. The van der Waals surface area contributed by atoms with E-state index >= 15 is 0 Å². The number of alkyl halides is 3. The van der Waals surface area contributed by atoms with Crippen LogP contribution < -0.4 is 15.5 Å². The molecule has 27 heavy (non-hydrogen) atoms. The lowest BCUT2D eigenvalue weighted by molar-refractivity contribution is -0.132. The third-order valence-electron chi connectivity index (χ3n) is 4.29. The van der Waals surface area contributed by atoms with Gasteiger partial charge in [0, 0.05) is 51.5 Å². The molecule has 0 saturated carbocycles. The Hall–Kier alpha value is -2.03. The zero-order chi connectivity index (χ0) is 19.7. The number of hydrogen-bond donors (Lipinski definition) is 2. The molecule has 0 radical (unpaired) electrons. The Morgan fingerprint density at radius 1 is 1.07 bits per heavy atom. The minimum Gasteiger partial charge on any atom is -0.369 e. The summed E-state index contributed by atoms with van der Waals surface area (Å²) in [5, 5.41) is 6.03. The van der Waals surface area contributed by atoms with Crippen molar-refractivity contribution in [3.63, 3.8) is 0 Å². The largest absolute Gasteiger partial charge is 0.390 e. The highest BCUT2D eigenvalue weighted by Gasteiger charge is 2.26. The van der Waals surface area contributed by atoms with E-state index in [1.807, 2.05) is 6.92 Å². The number of hydrogen-bond acceptors (Lipinski definition) is 3. The van der Waals surface area contributed by atoms with Crippen LogP contribution in [0.25, 0.3) is 0 Å². The second kappa shape index (κ2) is 10.3. The van der Waals surface area contributed by atoms with Crippen molar-refractivity contribution < 1.29 is 17.6 Å². The van der Waals surface area contributed by atoms with Crippen LogP contribution >= 0.6 is 0 Å². The number of anilines is 1. The lowest BCUT2D eigenvalue weighted by Crippen LogP contribution is -2.49. The fourth-order valence-corrected chi connectivity index (χ4v) is 2.85. The molecule has 1 aliphatic heterocycles. The number of nitrogens with zero attached hydrogens (tertiary/aromatic N) is 3. The maximum absolute atomic E-state index is 13.0. The number of halogens is 4. The Labute approximate surface area is 157 Å². The molecule has 1 aromatic rings. The molecule has 5 nitrogen and oxygen atoms in total. The summed E-state index contributed by atoms with van der Waals surface area (Å²) in [5.41, 5.74) is 1.01. The van der Waals surface area contributed by atoms with Crippen LogP contribution in [0.15, 0.2) is 29.3 Å². The van der Waals surface area contributed by atoms with Gasteiger partial charge >= 0.3 is 6.18 Å². The molecule has 2 rings (SSSR count). The minimum atomic E-state index is -4.19. The second-order valence-electron chi connectivity index (χ2n) is 6.36. The van der Waals surface area contributed by atoms with E-state index in [0.717, 1.165) is 38.4 Å². The highest BCUT2D eigenvalue weighted by Crippen LogP contribution is 2.19.